The molecule has 0 aliphatic rings. The summed E-state index contributed by atoms with van der Waals surface area (Å²) in [5, 5.41) is 0.180. The number of hydrogen-bond acceptors (Lipinski definition) is 3. The molecule has 15 heavy (non-hydrogen) atoms. The van der Waals surface area contributed by atoms with Crippen LogP contribution in [0.25, 0.3) is 0 Å². The van der Waals surface area contributed by atoms with Gasteiger partial charge in [-0.1, -0.05) is 11.6 Å². The van der Waals surface area contributed by atoms with E-state index < -0.39 is 0 Å². The average molecular weight is 229 g/mol. The van der Waals surface area contributed by atoms with Crippen molar-refractivity contribution in [2.75, 3.05) is 0 Å². The number of aryl methyl sites for hydroxylation is 1. The molecule has 82 valence electrons. The van der Waals surface area contributed by atoms with Crippen LogP contribution in [0.2, 0.25) is 5.15 Å². The third-order valence-electron chi connectivity index (χ3n) is 1.62. The van der Waals surface area contributed by atoms with E-state index in [1.165, 1.54) is 0 Å². The highest BCUT2D eigenvalue weighted by atomic mass is 35.5. The van der Waals surface area contributed by atoms with Crippen molar-refractivity contribution in [2.45, 2.75) is 26.9 Å². The van der Waals surface area contributed by atoms with Crippen LogP contribution in [-0.4, -0.2) is 17.0 Å². The molecule has 1 heterocycles. The maximum atomic E-state index is 11.5. The van der Waals surface area contributed by atoms with Crippen LogP contribution in [0.1, 0.15) is 29.9 Å². The van der Waals surface area contributed by atoms with E-state index in [0.29, 0.717) is 5.56 Å². The summed E-state index contributed by atoms with van der Waals surface area (Å²) in [6.45, 7) is 5.43. The maximum absolute atomic E-state index is 11.5. The van der Waals surface area contributed by atoms with Crippen LogP contribution in [0, 0.1) is 6.92 Å². The molecule has 0 unspecified atom stereocenters. The first-order valence-electron chi connectivity index (χ1n) is 4.60. The van der Waals surface area contributed by atoms with Gasteiger partial charge in [-0.15, -0.1) is 0 Å². The van der Waals surface area contributed by atoms with Crippen molar-refractivity contribution in [1.82, 2.24) is 10.5 Å². The van der Waals surface area contributed by atoms with Gasteiger partial charge in [-0.2, -0.15) is 0 Å². The molecule has 0 saturated carbocycles. The second-order valence-electron chi connectivity index (χ2n) is 3.39. The number of carbonyl (C=O) groups is 1. The van der Waals surface area contributed by atoms with Crippen molar-refractivity contribution >= 4 is 17.5 Å². The second-order valence-corrected chi connectivity index (χ2v) is 3.75. The quantitative estimate of drug-likeness (QED) is 0.637. The fourth-order valence-corrected chi connectivity index (χ4v) is 1.20. The molecule has 5 heteroatoms. The van der Waals surface area contributed by atoms with Gasteiger partial charge in [-0.3, -0.25) is 9.63 Å². The molecule has 1 N–H and O–H groups in total. The van der Waals surface area contributed by atoms with Crippen molar-refractivity contribution in [2.24, 2.45) is 0 Å². The zero-order valence-corrected chi connectivity index (χ0v) is 9.63. The van der Waals surface area contributed by atoms with Crippen molar-refractivity contribution < 1.29 is 9.63 Å². The first-order chi connectivity index (χ1) is 7.00. The fourth-order valence-electron chi connectivity index (χ4n) is 0.921. The Morgan fingerprint density at radius 2 is 2.20 bits per heavy atom. The lowest BCUT2D eigenvalue weighted by atomic mass is 10.2. The molecule has 0 fully saturated rings. The number of halogens is 1. The number of nitrogens with zero attached hydrogens (tertiary/aromatic N) is 1. The first kappa shape index (κ1) is 11.9. The third-order valence-corrected chi connectivity index (χ3v) is 1.91. The Morgan fingerprint density at radius 3 is 2.73 bits per heavy atom. The van der Waals surface area contributed by atoms with E-state index in [9.17, 15) is 4.79 Å². The van der Waals surface area contributed by atoms with E-state index in [1.54, 1.807) is 19.1 Å². The molecule has 0 aliphatic heterocycles. The lowest BCUT2D eigenvalue weighted by Crippen LogP contribution is -2.27. The van der Waals surface area contributed by atoms with Gasteiger partial charge in [0.25, 0.3) is 5.91 Å². The Bertz CT molecular complexity index is 366. The van der Waals surface area contributed by atoms with Gasteiger partial charge in [0.05, 0.1) is 11.7 Å². The predicted molar refractivity (Wildman–Crippen MR) is 57.7 cm³/mol. The summed E-state index contributed by atoms with van der Waals surface area (Å²) in [5.41, 5.74) is 3.37. The lowest BCUT2D eigenvalue weighted by molar-refractivity contribution is 0.000173. The number of rotatable bonds is 3. The van der Waals surface area contributed by atoms with Gasteiger partial charge in [-0.05, 0) is 32.9 Å². The minimum absolute atomic E-state index is 0.0777. The van der Waals surface area contributed by atoms with E-state index in [-0.39, 0.29) is 17.2 Å². The zero-order chi connectivity index (χ0) is 11.4. The van der Waals surface area contributed by atoms with Crippen LogP contribution < -0.4 is 5.48 Å². The van der Waals surface area contributed by atoms with Crippen molar-refractivity contribution in [3.05, 3.63) is 28.5 Å². The van der Waals surface area contributed by atoms with Gasteiger partial charge in [0.15, 0.2) is 0 Å². The molecule has 0 aliphatic carbocycles. The molecular weight excluding hydrogens is 216 g/mol. The number of hydrogen-bond donors (Lipinski definition) is 1. The van der Waals surface area contributed by atoms with Crippen LogP contribution in [0.15, 0.2) is 12.1 Å². The largest absolute Gasteiger partial charge is 0.277 e. The van der Waals surface area contributed by atoms with Crippen LogP contribution in [0.5, 0.6) is 0 Å². The van der Waals surface area contributed by atoms with E-state index in [1.807, 2.05) is 13.8 Å². The Hall–Kier alpha value is -1.13. The Labute approximate surface area is 93.6 Å². The molecule has 0 bridgehead atoms. The summed E-state index contributed by atoms with van der Waals surface area (Å²) >= 11 is 5.81. The molecule has 0 saturated heterocycles. The summed E-state index contributed by atoms with van der Waals surface area (Å²) < 4.78 is 0. The molecular formula is C10H13ClN2O2. The molecule has 1 aromatic heterocycles. The third kappa shape index (κ3) is 3.49. The molecule has 1 aromatic rings. The van der Waals surface area contributed by atoms with Gasteiger partial charge in [0.1, 0.15) is 5.15 Å². The number of aromatic nitrogens is 1. The monoisotopic (exact) mass is 228 g/mol. The molecule has 4 nitrogen and oxygen atoms in total. The highest BCUT2D eigenvalue weighted by Crippen LogP contribution is 2.13. The molecule has 0 radical (unpaired) electrons. The minimum atomic E-state index is -0.388. The number of carbonyl (C=O) groups excluding carboxylic acids is 1. The summed E-state index contributed by atoms with van der Waals surface area (Å²) in [6.07, 6.45) is -0.0777. The van der Waals surface area contributed by atoms with Crippen LogP contribution >= 0.6 is 11.6 Å². The molecule has 0 aromatic carbocycles. The van der Waals surface area contributed by atoms with Crippen molar-refractivity contribution in [1.29, 1.82) is 0 Å². The lowest BCUT2D eigenvalue weighted by Gasteiger charge is -2.09. The summed E-state index contributed by atoms with van der Waals surface area (Å²) in [5.74, 6) is -0.388. The highest BCUT2D eigenvalue weighted by Gasteiger charge is 2.11. The van der Waals surface area contributed by atoms with E-state index >= 15 is 0 Å². The molecule has 1 amide bonds. The van der Waals surface area contributed by atoms with E-state index in [2.05, 4.69) is 10.5 Å². The first-order valence-corrected chi connectivity index (χ1v) is 4.97. The van der Waals surface area contributed by atoms with Gasteiger partial charge in [0.2, 0.25) is 0 Å². The topological polar surface area (TPSA) is 51.2 Å². The summed E-state index contributed by atoms with van der Waals surface area (Å²) in [7, 11) is 0. The van der Waals surface area contributed by atoms with E-state index in [4.69, 9.17) is 16.4 Å². The van der Waals surface area contributed by atoms with Crippen LogP contribution in [0.3, 0.4) is 0 Å². The summed E-state index contributed by atoms with van der Waals surface area (Å²) in [6, 6.07) is 3.33. The minimum Gasteiger partial charge on any atom is -0.271 e. The average Bonchev–Trinajstić information content (AvgIpc) is 2.14. The SMILES string of the molecule is Cc1ccc(C(=O)NOC(C)C)c(Cl)n1. The maximum Gasteiger partial charge on any atom is 0.277 e. The van der Waals surface area contributed by atoms with E-state index in [0.717, 1.165) is 5.69 Å². The Kier molecular flexibility index (Phi) is 4.05. The highest BCUT2D eigenvalue weighted by molar-refractivity contribution is 6.32. The number of pyridine rings is 1. The van der Waals surface area contributed by atoms with Crippen LogP contribution in [0.4, 0.5) is 0 Å². The number of nitrogens with one attached hydrogen (secondary N) is 1. The molecule has 0 atom stereocenters. The van der Waals surface area contributed by atoms with Crippen molar-refractivity contribution in [3.63, 3.8) is 0 Å². The van der Waals surface area contributed by atoms with Gasteiger partial charge >= 0.3 is 0 Å². The molecule has 0 spiro atoms. The number of amides is 1. The zero-order valence-electron chi connectivity index (χ0n) is 8.87. The van der Waals surface area contributed by atoms with Gasteiger partial charge in [0, 0.05) is 5.69 Å². The second kappa shape index (κ2) is 5.09. The van der Waals surface area contributed by atoms with Gasteiger partial charge in [-0.25, -0.2) is 10.5 Å². The van der Waals surface area contributed by atoms with Crippen molar-refractivity contribution in [3.8, 4) is 0 Å². The standard InChI is InChI=1S/C10H13ClN2O2/c1-6(2)15-13-10(14)8-5-4-7(3)12-9(8)11/h4-6H,1-3H3,(H,13,14). The fraction of sp³-hybridized carbons (Fsp3) is 0.400. The number of hydroxylamine groups is 1. The normalized spacial score (nSPS) is 10.5. The predicted octanol–water partition coefficient (Wildman–Crippen LogP) is 2.11. The summed E-state index contributed by atoms with van der Waals surface area (Å²) in [4.78, 5) is 20.4. The Balaban J connectivity index is 2.74. The Morgan fingerprint density at radius 1 is 1.53 bits per heavy atom. The smallest absolute Gasteiger partial charge is 0.271 e. The van der Waals surface area contributed by atoms with Crippen LogP contribution in [-0.2, 0) is 4.84 Å². The molecule has 1 rings (SSSR count). The van der Waals surface area contributed by atoms with Gasteiger partial charge < -0.3 is 0 Å².